The molecule has 6 N–H and O–H groups in total. The van der Waals surface area contributed by atoms with E-state index in [4.69, 9.17) is 10.5 Å². The van der Waals surface area contributed by atoms with Crippen molar-refractivity contribution in [3.05, 3.63) is 104 Å². The molecule has 0 spiro atoms. The molecule has 2 saturated heterocycles. The molecule has 22 heteroatoms. The maximum atomic E-state index is 14.3. The van der Waals surface area contributed by atoms with Gasteiger partial charge in [0.15, 0.2) is 0 Å². The van der Waals surface area contributed by atoms with Crippen LogP contribution in [0.4, 0.5) is 21.8 Å². The van der Waals surface area contributed by atoms with Crippen molar-refractivity contribution < 1.29 is 46.3 Å². The molecule has 0 saturated carbocycles. The topological polar surface area (TPSA) is 255 Å². The maximum Gasteiger partial charge on any atom is 0.266 e. The lowest BCUT2D eigenvalue weighted by Crippen LogP contribution is -2.54. The number of benzene rings is 3. The number of piperidine rings is 2. The maximum absolute atomic E-state index is 14.3. The first kappa shape index (κ1) is 45.2. The summed E-state index contributed by atoms with van der Waals surface area (Å²) >= 11 is 3.36. The van der Waals surface area contributed by atoms with Crippen molar-refractivity contribution in [1.29, 1.82) is 0 Å². The predicted molar refractivity (Wildman–Crippen MR) is 236 cm³/mol. The van der Waals surface area contributed by atoms with Gasteiger partial charge < -0.3 is 26.4 Å². The van der Waals surface area contributed by atoms with Crippen molar-refractivity contribution >= 4 is 78.8 Å². The summed E-state index contributed by atoms with van der Waals surface area (Å²) in [5.41, 5.74) is 7.89. The number of carbonyl (C=O) groups is 6. The van der Waals surface area contributed by atoms with Gasteiger partial charge in [-0.3, -0.25) is 43.9 Å². The van der Waals surface area contributed by atoms with Crippen LogP contribution in [0, 0.1) is 5.82 Å². The SMILES string of the molecule is NC(=O)c1c(F)cccc1Nc1nc(NC2CCN(S(=O)(=O)CCNC(=O)c3ccc4c(c3)CCN(CCOc3cccc5c3C(=O)N(C3CCC(=O)NC3=O)C5=O)C4)CC2)ncc1Br. The van der Waals surface area contributed by atoms with Crippen LogP contribution in [0.5, 0.6) is 5.75 Å². The summed E-state index contributed by atoms with van der Waals surface area (Å²) in [5, 5.41) is 11.1. The average Bonchev–Trinajstić information content (AvgIpc) is 3.53. The van der Waals surface area contributed by atoms with E-state index in [0.717, 1.165) is 22.1 Å². The Bertz CT molecular complexity index is 2720. The average molecular weight is 976 g/mol. The van der Waals surface area contributed by atoms with Gasteiger partial charge in [-0.1, -0.05) is 18.2 Å². The number of fused-ring (bicyclic) bond motifs is 2. The number of aromatic nitrogens is 2. The number of halogens is 2. The highest BCUT2D eigenvalue weighted by atomic mass is 79.9. The predicted octanol–water partition coefficient (Wildman–Crippen LogP) is 2.70. The zero-order chi connectivity index (χ0) is 46.0. The van der Waals surface area contributed by atoms with Crippen LogP contribution in [0.2, 0.25) is 0 Å². The number of carbonyl (C=O) groups excluding carboxylic acids is 6. The van der Waals surface area contributed by atoms with Gasteiger partial charge in [0.1, 0.15) is 30.0 Å². The third kappa shape index (κ3) is 9.84. The molecule has 1 aromatic heterocycles. The number of primary amides is 1. The van der Waals surface area contributed by atoms with E-state index in [1.165, 1.54) is 28.7 Å². The lowest BCUT2D eigenvalue weighted by molar-refractivity contribution is -0.136. The van der Waals surface area contributed by atoms with Crippen molar-refractivity contribution in [2.24, 2.45) is 5.73 Å². The Morgan fingerprint density at radius 3 is 2.52 bits per heavy atom. The van der Waals surface area contributed by atoms with Gasteiger partial charge in [-0.15, -0.1) is 0 Å². The minimum Gasteiger partial charge on any atom is -0.491 e. The summed E-state index contributed by atoms with van der Waals surface area (Å²) < 4.78 is 48.7. The van der Waals surface area contributed by atoms with Crippen LogP contribution in [0.25, 0.3) is 0 Å². The van der Waals surface area contributed by atoms with Crippen LogP contribution in [0.1, 0.15) is 78.2 Å². The highest BCUT2D eigenvalue weighted by Crippen LogP contribution is 2.34. The summed E-state index contributed by atoms with van der Waals surface area (Å²) in [7, 11) is -3.68. The second kappa shape index (κ2) is 19.0. The number of sulfonamides is 1. The number of imide groups is 2. The van der Waals surface area contributed by atoms with Gasteiger partial charge in [-0.05, 0) is 89.1 Å². The molecule has 0 radical (unpaired) electrons. The fourth-order valence-corrected chi connectivity index (χ4v) is 10.0. The molecule has 4 aliphatic heterocycles. The Labute approximate surface area is 380 Å². The second-order valence-corrected chi connectivity index (χ2v) is 18.9. The van der Waals surface area contributed by atoms with Gasteiger partial charge in [-0.2, -0.15) is 4.98 Å². The molecule has 340 valence electrons. The van der Waals surface area contributed by atoms with Crippen molar-refractivity contribution in [3.63, 3.8) is 0 Å². The van der Waals surface area contributed by atoms with Crippen LogP contribution in [-0.4, -0.2) is 125 Å². The Morgan fingerprint density at radius 1 is 0.969 bits per heavy atom. The fraction of sp³-hybridized carbons (Fsp3) is 0.349. The zero-order valence-electron chi connectivity index (χ0n) is 34.8. The lowest BCUT2D eigenvalue weighted by Gasteiger charge is -2.31. The first-order valence-electron chi connectivity index (χ1n) is 20.9. The molecular formula is C43H44BrFN10O9S. The second-order valence-electron chi connectivity index (χ2n) is 15.9. The molecule has 6 amide bonds. The Morgan fingerprint density at radius 2 is 1.75 bits per heavy atom. The normalized spacial score (nSPS) is 18.2. The number of amides is 6. The molecule has 1 unspecified atom stereocenters. The summed E-state index contributed by atoms with van der Waals surface area (Å²) in [6.07, 6.45) is 3.16. The van der Waals surface area contributed by atoms with Gasteiger partial charge in [0, 0.05) is 63.5 Å². The van der Waals surface area contributed by atoms with Crippen LogP contribution in [-0.2, 0) is 32.6 Å². The first-order valence-corrected chi connectivity index (χ1v) is 23.3. The largest absolute Gasteiger partial charge is 0.491 e. The van der Waals surface area contributed by atoms with Crippen molar-refractivity contribution in [2.45, 2.75) is 50.7 Å². The molecular weight excluding hydrogens is 932 g/mol. The first-order chi connectivity index (χ1) is 31.2. The molecule has 4 aromatic rings. The Hall–Kier alpha value is -6.36. The highest BCUT2D eigenvalue weighted by Gasteiger charge is 2.46. The summed E-state index contributed by atoms with van der Waals surface area (Å²) in [4.78, 5) is 87.5. The fourth-order valence-electron chi connectivity index (χ4n) is 8.35. The minimum absolute atomic E-state index is 0.0244. The van der Waals surface area contributed by atoms with E-state index < -0.39 is 51.4 Å². The molecule has 65 heavy (non-hydrogen) atoms. The standard InChI is InChI=1S/C43H44BrFN10O9S/c44-29-22-48-43(52-38(29)50-31-5-2-4-30(45)36(31)37(46)57)49-27-12-16-54(17-13-27)65(62,63)20-14-47-39(58)25-7-8-26-23-53(15-11-24(26)21-25)18-19-64-33-6-1-3-28-35(33)42(61)55(41(28)60)32-9-10-34(56)51-40(32)59/h1-8,21-22,27,32H,9-20,23H2,(H2,46,57)(H,47,58)(H,51,56,59)(H2,48,49,50,52). The quantitative estimate of drug-likeness (QED) is 0.108. The number of anilines is 3. The van der Waals surface area contributed by atoms with E-state index in [0.29, 0.717) is 48.9 Å². The van der Waals surface area contributed by atoms with E-state index in [1.54, 1.807) is 18.2 Å². The van der Waals surface area contributed by atoms with Gasteiger partial charge in [0.05, 0.1) is 32.6 Å². The van der Waals surface area contributed by atoms with Crippen LogP contribution < -0.4 is 31.7 Å². The molecule has 0 bridgehead atoms. The van der Waals surface area contributed by atoms with Gasteiger partial charge >= 0.3 is 0 Å². The molecule has 5 heterocycles. The van der Waals surface area contributed by atoms with Gasteiger partial charge in [0.2, 0.25) is 27.8 Å². The Kier molecular flexibility index (Phi) is 13.2. The number of ether oxygens (including phenoxy) is 1. The number of nitrogens with two attached hydrogens (primary N) is 1. The van der Waals surface area contributed by atoms with Gasteiger partial charge in [-0.25, -0.2) is 22.1 Å². The molecule has 19 nitrogen and oxygen atoms in total. The van der Waals surface area contributed by atoms with Crippen LogP contribution in [0.3, 0.4) is 0 Å². The van der Waals surface area contributed by atoms with E-state index in [-0.39, 0.29) is 96.7 Å². The molecule has 8 rings (SSSR count). The van der Waals surface area contributed by atoms with Crippen LogP contribution in [0.15, 0.2) is 65.3 Å². The Balaban J connectivity index is 0.774. The van der Waals surface area contributed by atoms with Gasteiger partial charge in [0.25, 0.3) is 23.6 Å². The van der Waals surface area contributed by atoms with Crippen molar-refractivity contribution in [3.8, 4) is 5.75 Å². The van der Waals surface area contributed by atoms with Crippen molar-refractivity contribution in [2.75, 3.05) is 55.7 Å². The summed E-state index contributed by atoms with van der Waals surface area (Å²) in [6, 6.07) is 13.0. The molecule has 1 atom stereocenters. The number of hydrogen-bond donors (Lipinski definition) is 5. The number of hydrogen-bond acceptors (Lipinski definition) is 14. The van der Waals surface area contributed by atoms with E-state index in [1.807, 2.05) is 12.1 Å². The zero-order valence-corrected chi connectivity index (χ0v) is 37.2. The number of nitrogens with zero attached hydrogens (tertiary/aromatic N) is 5. The monoisotopic (exact) mass is 974 g/mol. The molecule has 4 aliphatic rings. The third-order valence-corrected chi connectivity index (χ3v) is 14.2. The van der Waals surface area contributed by atoms with Crippen LogP contribution >= 0.6 is 15.9 Å². The van der Waals surface area contributed by atoms with E-state index in [2.05, 4.69) is 52.1 Å². The lowest BCUT2D eigenvalue weighted by atomic mass is 9.97. The number of rotatable bonds is 15. The molecule has 2 fully saturated rings. The third-order valence-electron chi connectivity index (χ3n) is 11.7. The highest BCUT2D eigenvalue weighted by molar-refractivity contribution is 9.10. The minimum atomic E-state index is -3.68. The van der Waals surface area contributed by atoms with Crippen molar-refractivity contribution in [1.82, 2.24) is 34.7 Å². The smallest absolute Gasteiger partial charge is 0.266 e. The van der Waals surface area contributed by atoms with E-state index in [9.17, 15) is 41.6 Å². The summed E-state index contributed by atoms with van der Waals surface area (Å²) in [5.74, 6) is -4.00. The number of nitrogens with one attached hydrogen (secondary N) is 4. The summed E-state index contributed by atoms with van der Waals surface area (Å²) in [6.45, 7) is 2.39. The molecule has 0 aliphatic carbocycles. The van der Waals surface area contributed by atoms with E-state index >= 15 is 0 Å². The molecule has 3 aromatic carbocycles.